The maximum atomic E-state index is 12.9. The van der Waals surface area contributed by atoms with Crippen LogP contribution in [0.2, 0.25) is 0 Å². The van der Waals surface area contributed by atoms with E-state index >= 15 is 0 Å². The zero-order chi connectivity index (χ0) is 50.6. The van der Waals surface area contributed by atoms with Gasteiger partial charge in [0.2, 0.25) is 0 Å². The number of unbranched alkanes of at least 4 members (excludes halogenated alkanes) is 18. The van der Waals surface area contributed by atoms with Gasteiger partial charge in [0, 0.05) is 13.0 Å². The van der Waals surface area contributed by atoms with Crippen LogP contribution in [0.1, 0.15) is 206 Å². The monoisotopic (exact) mass is 979 g/mol. The Morgan fingerprint density at radius 2 is 0.871 bits per heavy atom. The Labute approximate surface area is 427 Å². The van der Waals surface area contributed by atoms with E-state index in [1.807, 2.05) is 0 Å². The molecular weight excluding hydrogens is 877 g/mol. The third kappa shape index (κ3) is 40.4. The number of rotatable bonds is 47. The summed E-state index contributed by atoms with van der Waals surface area (Å²) in [6.07, 6.45) is 65.5. The summed E-state index contributed by atoms with van der Waals surface area (Å²) in [5, 5.41) is 40.3. The second kappa shape index (κ2) is 50.8. The molecule has 0 aliphatic carbocycles. The molecule has 1 saturated heterocycles. The molecule has 4 N–H and O–H groups in total. The Balaban J connectivity index is 2.22. The number of ether oxygens (including phenoxy) is 4. The van der Waals surface area contributed by atoms with E-state index in [0.717, 1.165) is 103 Å². The lowest BCUT2D eigenvalue weighted by molar-refractivity contribution is -0.305. The number of allylic oxidation sites excluding steroid dienone is 18. The van der Waals surface area contributed by atoms with E-state index in [1.165, 1.54) is 83.5 Å². The number of aliphatic hydroxyl groups excluding tert-OH is 4. The number of hydrogen-bond acceptors (Lipinski definition) is 9. The van der Waals surface area contributed by atoms with Crippen molar-refractivity contribution in [1.82, 2.24) is 0 Å². The quantitative estimate of drug-likeness (QED) is 0.0267. The Morgan fingerprint density at radius 3 is 1.31 bits per heavy atom. The molecular formula is C61H102O9. The first-order valence-corrected chi connectivity index (χ1v) is 28.0. The van der Waals surface area contributed by atoms with Gasteiger partial charge in [-0.2, -0.15) is 0 Å². The summed E-state index contributed by atoms with van der Waals surface area (Å²) in [5.41, 5.74) is 0. The summed E-state index contributed by atoms with van der Waals surface area (Å²) in [4.78, 5) is 12.9. The molecule has 400 valence electrons. The third-order valence-corrected chi connectivity index (χ3v) is 12.2. The van der Waals surface area contributed by atoms with Crippen molar-refractivity contribution in [2.75, 3.05) is 26.4 Å². The van der Waals surface area contributed by atoms with Crippen LogP contribution < -0.4 is 0 Å². The van der Waals surface area contributed by atoms with Crippen molar-refractivity contribution in [3.63, 3.8) is 0 Å². The van der Waals surface area contributed by atoms with Crippen molar-refractivity contribution < 1.29 is 44.2 Å². The van der Waals surface area contributed by atoms with E-state index in [1.54, 1.807) is 0 Å². The molecule has 0 bridgehead atoms. The summed E-state index contributed by atoms with van der Waals surface area (Å²) < 4.78 is 22.9. The van der Waals surface area contributed by atoms with Gasteiger partial charge in [-0.1, -0.05) is 207 Å². The number of esters is 1. The molecule has 0 aromatic heterocycles. The number of carbonyl (C=O) groups excluding carboxylic acids is 1. The van der Waals surface area contributed by atoms with Crippen molar-refractivity contribution in [1.29, 1.82) is 0 Å². The standard InChI is InChI=1S/C61H102O9/c1-3-5-7-9-11-13-15-17-19-21-23-25-26-27-28-29-31-33-35-37-39-41-43-45-47-49-51-67-53-55(54-68-61-60(66)59(65)58(64)56(52-62)70-61)69-57(63)50-48-46-44-42-40-38-36-34-32-30-24-22-20-18-16-14-12-10-8-6-4-2/h5,7,11,13,16-19,22-25,27-28,31,33,37,39,55-56,58-62,64-66H,3-4,6,8-10,12,14-15,20-21,26,29-30,32,34-36,38,40-54H2,1-2H3/b7-5-,13-11-,18-16-,19-17-,24-22-,25-23-,28-27-,33-31-,39-37-. The van der Waals surface area contributed by atoms with Crippen LogP contribution in [0.3, 0.4) is 0 Å². The van der Waals surface area contributed by atoms with Gasteiger partial charge in [-0.25, -0.2) is 0 Å². The first-order chi connectivity index (χ1) is 34.4. The fraction of sp³-hybridized carbons (Fsp3) is 0.689. The molecule has 1 aliphatic rings. The average molecular weight is 979 g/mol. The second-order valence-corrected chi connectivity index (χ2v) is 18.6. The molecule has 1 rings (SSSR count). The van der Waals surface area contributed by atoms with Crippen molar-refractivity contribution >= 4 is 5.97 Å². The van der Waals surface area contributed by atoms with E-state index in [9.17, 15) is 25.2 Å². The normalized spacial score (nSPS) is 19.8. The molecule has 0 radical (unpaired) electrons. The van der Waals surface area contributed by atoms with E-state index in [2.05, 4.69) is 123 Å². The van der Waals surface area contributed by atoms with Crippen LogP contribution in [-0.4, -0.2) is 89.6 Å². The zero-order valence-corrected chi connectivity index (χ0v) is 44.2. The lowest BCUT2D eigenvalue weighted by atomic mass is 9.99. The van der Waals surface area contributed by atoms with Crippen LogP contribution in [0.4, 0.5) is 0 Å². The highest BCUT2D eigenvalue weighted by Gasteiger charge is 2.44. The SMILES string of the molecule is CC/C=C\C/C=C\C/C=C\C/C=C\C/C=C\C/C=C\C/C=C\CCCCCCOCC(COC1OC(CO)C(O)C(O)C1O)OC(=O)CCCCCCCCCCC/C=C\C/C=C\CCCCCCC. The van der Waals surface area contributed by atoms with Crippen LogP contribution in [0, 0.1) is 0 Å². The summed E-state index contributed by atoms with van der Waals surface area (Å²) in [6.45, 7) is 4.36. The topological polar surface area (TPSA) is 135 Å². The minimum Gasteiger partial charge on any atom is -0.457 e. The molecule has 0 amide bonds. The Hall–Kier alpha value is -3.15. The number of aliphatic hydroxyl groups is 4. The Kier molecular flexibility index (Phi) is 47.1. The van der Waals surface area contributed by atoms with E-state index in [-0.39, 0.29) is 19.2 Å². The van der Waals surface area contributed by atoms with Gasteiger partial charge in [-0.15, -0.1) is 0 Å². The van der Waals surface area contributed by atoms with Crippen molar-refractivity contribution in [3.05, 3.63) is 109 Å². The molecule has 0 saturated carbocycles. The van der Waals surface area contributed by atoms with Gasteiger partial charge in [0.05, 0.1) is 19.8 Å². The number of hydrogen-bond donors (Lipinski definition) is 4. The minimum atomic E-state index is -1.55. The first kappa shape index (κ1) is 64.9. The highest BCUT2D eigenvalue weighted by molar-refractivity contribution is 5.69. The fourth-order valence-corrected chi connectivity index (χ4v) is 7.85. The smallest absolute Gasteiger partial charge is 0.306 e. The molecule has 1 fully saturated rings. The molecule has 0 aromatic carbocycles. The molecule has 6 atom stereocenters. The highest BCUT2D eigenvalue weighted by atomic mass is 16.7. The summed E-state index contributed by atoms with van der Waals surface area (Å²) >= 11 is 0. The lowest BCUT2D eigenvalue weighted by Crippen LogP contribution is -2.59. The molecule has 1 heterocycles. The predicted molar refractivity (Wildman–Crippen MR) is 293 cm³/mol. The maximum Gasteiger partial charge on any atom is 0.306 e. The molecule has 9 nitrogen and oxygen atoms in total. The Morgan fingerprint density at radius 1 is 0.471 bits per heavy atom. The largest absolute Gasteiger partial charge is 0.457 e. The molecule has 6 unspecified atom stereocenters. The third-order valence-electron chi connectivity index (χ3n) is 12.2. The maximum absolute atomic E-state index is 12.9. The van der Waals surface area contributed by atoms with Crippen LogP contribution in [0.25, 0.3) is 0 Å². The van der Waals surface area contributed by atoms with Crippen LogP contribution in [0.15, 0.2) is 109 Å². The second-order valence-electron chi connectivity index (χ2n) is 18.6. The van der Waals surface area contributed by atoms with Crippen LogP contribution in [0.5, 0.6) is 0 Å². The van der Waals surface area contributed by atoms with Gasteiger partial charge in [-0.3, -0.25) is 4.79 Å². The lowest BCUT2D eigenvalue weighted by Gasteiger charge is -2.39. The summed E-state index contributed by atoms with van der Waals surface area (Å²) in [6, 6.07) is 0. The minimum absolute atomic E-state index is 0.118. The zero-order valence-electron chi connectivity index (χ0n) is 44.2. The van der Waals surface area contributed by atoms with Gasteiger partial charge in [0.25, 0.3) is 0 Å². The molecule has 70 heavy (non-hydrogen) atoms. The van der Waals surface area contributed by atoms with Gasteiger partial charge >= 0.3 is 5.97 Å². The van der Waals surface area contributed by atoms with Gasteiger partial charge in [0.15, 0.2) is 6.29 Å². The molecule has 9 heteroatoms. The van der Waals surface area contributed by atoms with Crippen molar-refractivity contribution in [2.24, 2.45) is 0 Å². The number of carbonyl (C=O) groups is 1. The fourth-order valence-electron chi connectivity index (χ4n) is 7.85. The van der Waals surface area contributed by atoms with E-state index < -0.39 is 43.4 Å². The molecule has 1 aliphatic heterocycles. The molecule has 0 aromatic rings. The van der Waals surface area contributed by atoms with E-state index in [4.69, 9.17) is 18.9 Å². The van der Waals surface area contributed by atoms with E-state index in [0.29, 0.717) is 13.0 Å². The van der Waals surface area contributed by atoms with Crippen LogP contribution in [-0.2, 0) is 23.7 Å². The summed E-state index contributed by atoms with van der Waals surface area (Å²) in [5.74, 6) is -0.331. The molecule has 0 spiro atoms. The predicted octanol–water partition coefficient (Wildman–Crippen LogP) is 14.5. The van der Waals surface area contributed by atoms with Gasteiger partial charge in [0.1, 0.15) is 30.5 Å². The Bertz CT molecular complexity index is 1440. The van der Waals surface area contributed by atoms with Crippen LogP contribution >= 0.6 is 0 Å². The van der Waals surface area contributed by atoms with Crippen molar-refractivity contribution in [3.8, 4) is 0 Å². The average Bonchev–Trinajstić information content (AvgIpc) is 3.36. The van der Waals surface area contributed by atoms with Gasteiger partial charge in [-0.05, 0) is 103 Å². The first-order valence-electron chi connectivity index (χ1n) is 28.0. The summed E-state index contributed by atoms with van der Waals surface area (Å²) in [7, 11) is 0. The van der Waals surface area contributed by atoms with Crippen molar-refractivity contribution in [2.45, 2.75) is 243 Å². The van der Waals surface area contributed by atoms with Gasteiger partial charge < -0.3 is 39.4 Å². The highest BCUT2D eigenvalue weighted by Crippen LogP contribution is 2.23.